The molecule has 2 heteroatoms. The molecule has 158 valence electrons. The molecule has 0 unspecified atom stereocenters. The predicted octanol–water partition coefficient (Wildman–Crippen LogP) is 8.08. The van der Waals surface area contributed by atoms with Crippen LogP contribution < -0.4 is 0 Å². The third kappa shape index (κ3) is 4.09. The zero-order chi connectivity index (χ0) is 23.3. The van der Waals surface area contributed by atoms with E-state index in [1.54, 1.807) is 0 Å². The second kappa shape index (κ2) is 9.29. The summed E-state index contributed by atoms with van der Waals surface area (Å²) >= 11 is 0. The van der Waals surface area contributed by atoms with Gasteiger partial charge in [-0.1, -0.05) is 97.1 Å². The number of hydrogen-bond acceptors (Lipinski definition) is 2. The molecular weight excluding hydrogens is 412 g/mol. The van der Waals surface area contributed by atoms with Crippen molar-refractivity contribution < 1.29 is 0 Å². The Kier molecular flexibility index (Phi) is 5.73. The summed E-state index contributed by atoms with van der Waals surface area (Å²) in [6.45, 7) is 0. The molecule has 0 spiro atoms. The highest BCUT2D eigenvalue weighted by Crippen LogP contribution is 2.35. The summed E-state index contributed by atoms with van der Waals surface area (Å²) in [7, 11) is 0. The number of benzene rings is 5. The van der Waals surface area contributed by atoms with E-state index in [0.29, 0.717) is 11.1 Å². The molecular formula is C32H20N2. The molecule has 2 nitrogen and oxygen atoms in total. The van der Waals surface area contributed by atoms with Gasteiger partial charge >= 0.3 is 0 Å². The zero-order valence-corrected chi connectivity index (χ0v) is 18.4. The summed E-state index contributed by atoms with van der Waals surface area (Å²) in [5, 5.41) is 22.8. The maximum Gasteiger partial charge on any atom is 0.0991 e. The molecule has 5 aromatic rings. The van der Waals surface area contributed by atoms with Crippen molar-refractivity contribution in [2.45, 2.75) is 0 Å². The van der Waals surface area contributed by atoms with Gasteiger partial charge in [-0.05, 0) is 68.1 Å². The number of nitrogens with zero attached hydrogens (tertiary/aromatic N) is 2. The summed E-state index contributed by atoms with van der Waals surface area (Å²) in [4.78, 5) is 0. The standard InChI is InChI=1S/C32H20N2/c33-21-25-13-9-23(10-14-25)17-19-31-27-5-1-2-6-28(27)32(30-8-4-3-7-29(30)31)20-18-24-11-15-26(22-34)16-12-24/h1-20H. The summed E-state index contributed by atoms with van der Waals surface area (Å²) < 4.78 is 0. The van der Waals surface area contributed by atoms with Gasteiger partial charge in [0.25, 0.3) is 0 Å². The fourth-order valence-electron chi connectivity index (χ4n) is 4.25. The van der Waals surface area contributed by atoms with Crippen molar-refractivity contribution >= 4 is 45.8 Å². The van der Waals surface area contributed by atoms with Crippen LogP contribution in [0, 0.1) is 22.7 Å². The van der Waals surface area contributed by atoms with Crippen molar-refractivity contribution in [1.82, 2.24) is 0 Å². The lowest BCUT2D eigenvalue weighted by molar-refractivity contribution is 1.48. The van der Waals surface area contributed by atoms with Crippen molar-refractivity contribution in [3.05, 3.63) is 130 Å². The average Bonchev–Trinajstić information content (AvgIpc) is 2.91. The molecule has 5 rings (SSSR count). The molecule has 0 aliphatic carbocycles. The van der Waals surface area contributed by atoms with Crippen LogP contribution in [0.4, 0.5) is 0 Å². The van der Waals surface area contributed by atoms with E-state index < -0.39 is 0 Å². The zero-order valence-electron chi connectivity index (χ0n) is 18.4. The Morgan fingerprint density at radius 3 is 1.03 bits per heavy atom. The van der Waals surface area contributed by atoms with Crippen LogP contribution in [0.3, 0.4) is 0 Å². The van der Waals surface area contributed by atoms with Crippen LogP contribution in [0.1, 0.15) is 33.4 Å². The SMILES string of the molecule is N#Cc1ccc(C=Cc2c3ccccc3c(C=Cc3ccc(C#N)cc3)c3ccccc23)cc1. The molecule has 0 aliphatic rings. The summed E-state index contributed by atoms with van der Waals surface area (Å²) in [6, 6.07) is 36.5. The highest BCUT2D eigenvalue weighted by Gasteiger charge is 2.10. The highest BCUT2D eigenvalue weighted by molar-refractivity contribution is 6.14. The van der Waals surface area contributed by atoms with Crippen LogP contribution in [0.25, 0.3) is 45.8 Å². The molecule has 0 atom stereocenters. The van der Waals surface area contributed by atoms with Crippen molar-refractivity contribution in [2.75, 3.05) is 0 Å². The van der Waals surface area contributed by atoms with Crippen LogP contribution in [-0.2, 0) is 0 Å². The van der Waals surface area contributed by atoms with Crippen molar-refractivity contribution in [2.24, 2.45) is 0 Å². The summed E-state index contributed by atoms with van der Waals surface area (Å²) in [5.74, 6) is 0. The minimum absolute atomic E-state index is 0.659. The van der Waals surface area contributed by atoms with Crippen molar-refractivity contribution in [3.63, 3.8) is 0 Å². The van der Waals surface area contributed by atoms with Gasteiger partial charge in [0.1, 0.15) is 0 Å². The van der Waals surface area contributed by atoms with Crippen LogP contribution in [0.2, 0.25) is 0 Å². The first-order valence-corrected chi connectivity index (χ1v) is 11.1. The lowest BCUT2D eigenvalue weighted by atomic mass is 9.90. The first-order chi connectivity index (χ1) is 16.8. The normalized spacial score (nSPS) is 11.2. The second-order valence-corrected chi connectivity index (χ2v) is 8.05. The van der Waals surface area contributed by atoms with E-state index in [0.717, 1.165) is 11.1 Å². The average molecular weight is 433 g/mol. The van der Waals surface area contributed by atoms with Crippen LogP contribution >= 0.6 is 0 Å². The smallest absolute Gasteiger partial charge is 0.0991 e. The Balaban J connectivity index is 1.66. The molecule has 0 fully saturated rings. The van der Waals surface area contributed by atoms with Crippen LogP contribution in [0.5, 0.6) is 0 Å². The maximum atomic E-state index is 9.05. The van der Waals surface area contributed by atoms with Gasteiger partial charge in [0.05, 0.1) is 23.3 Å². The Hall–Kier alpha value is -4.92. The van der Waals surface area contributed by atoms with E-state index >= 15 is 0 Å². The van der Waals surface area contributed by atoms with Crippen molar-refractivity contribution in [3.8, 4) is 12.1 Å². The van der Waals surface area contributed by atoms with E-state index in [4.69, 9.17) is 10.5 Å². The van der Waals surface area contributed by atoms with Gasteiger partial charge in [-0.15, -0.1) is 0 Å². The molecule has 0 radical (unpaired) electrons. The number of fused-ring (bicyclic) bond motifs is 2. The fraction of sp³-hybridized carbons (Fsp3) is 0. The Labute approximate surface area is 199 Å². The lowest BCUT2D eigenvalue weighted by Crippen LogP contribution is -1.88. The molecule has 5 aromatic carbocycles. The predicted molar refractivity (Wildman–Crippen MR) is 142 cm³/mol. The first-order valence-electron chi connectivity index (χ1n) is 11.1. The quantitative estimate of drug-likeness (QED) is 0.213. The lowest BCUT2D eigenvalue weighted by Gasteiger charge is -2.13. The first kappa shape index (κ1) is 21.0. The van der Waals surface area contributed by atoms with Gasteiger partial charge in [0.15, 0.2) is 0 Å². The molecule has 0 heterocycles. The van der Waals surface area contributed by atoms with E-state index in [1.165, 1.54) is 32.7 Å². The highest BCUT2D eigenvalue weighted by atomic mass is 14.2. The molecule has 0 aliphatic heterocycles. The number of nitriles is 2. The Bertz CT molecular complexity index is 1460. The van der Waals surface area contributed by atoms with E-state index in [-0.39, 0.29) is 0 Å². The van der Waals surface area contributed by atoms with E-state index in [9.17, 15) is 0 Å². The molecule has 0 bridgehead atoms. The molecule has 34 heavy (non-hydrogen) atoms. The fourth-order valence-corrected chi connectivity index (χ4v) is 4.25. The van der Waals surface area contributed by atoms with Gasteiger partial charge < -0.3 is 0 Å². The third-order valence-electron chi connectivity index (χ3n) is 5.98. The largest absolute Gasteiger partial charge is 0.192 e. The Morgan fingerprint density at radius 1 is 0.412 bits per heavy atom. The number of hydrogen-bond donors (Lipinski definition) is 0. The topological polar surface area (TPSA) is 47.6 Å². The van der Waals surface area contributed by atoms with Gasteiger partial charge in [-0.2, -0.15) is 10.5 Å². The van der Waals surface area contributed by atoms with E-state index in [1.807, 2.05) is 48.5 Å². The third-order valence-corrected chi connectivity index (χ3v) is 5.98. The molecule has 0 N–H and O–H groups in total. The second-order valence-electron chi connectivity index (χ2n) is 8.05. The molecule has 0 saturated carbocycles. The monoisotopic (exact) mass is 432 g/mol. The molecule has 0 amide bonds. The van der Waals surface area contributed by atoms with Crippen LogP contribution in [0.15, 0.2) is 97.1 Å². The molecule has 0 saturated heterocycles. The minimum Gasteiger partial charge on any atom is -0.192 e. The summed E-state index contributed by atoms with van der Waals surface area (Å²) in [5.41, 5.74) is 5.77. The molecule has 0 aromatic heterocycles. The van der Waals surface area contributed by atoms with Gasteiger partial charge in [-0.3, -0.25) is 0 Å². The van der Waals surface area contributed by atoms with Crippen molar-refractivity contribution in [1.29, 1.82) is 10.5 Å². The number of rotatable bonds is 4. The minimum atomic E-state index is 0.659. The van der Waals surface area contributed by atoms with Gasteiger partial charge in [0.2, 0.25) is 0 Å². The van der Waals surface area contributed by atoms with E-state index in [2.05, 4.69) is 85.0 Å². The Morgan fingerprint density at radius 2 is 0.735 bits per heavy atom. The summed E-state index contributed by atoms with van der Waals surface area (Å²) in [6.07, 6.45) is 8.53. The van der Waals surface area contributed by atoms with Gasteiger partial charge in [0, 0.05) is 0 Å². The van der Waals surface area contributed by atoms with Gasteiger partial charge in [-0.25, -0.2) is 0 Å². The maximum absolute atomic E-state index is 9.05. The van der Waals surface area contributed by atoms with Crippen LogP contribution in [-0.4, -0.2) is 0 Å².